The maximum absolute atomic E-state index is 11.7. The van der Waals surface area contributed by atoms with Crippen molar-refractivity contribution < 1.29 is 35.4 Å². The summed E-state index contributed by atoms with van der Waals surface area (Å²) >= 11 is 55.0. The van der Waals surface area contributed by atoms with Crippen LogP contribution in [0.3, 0.4) is 0 Å². The van der Waals surface area contributed by atoms with Crippen molar-refractivity contribution >= 4 is 176 Å². The zero-order chi connectivity index (χ0) is 51.3. The predicted molar refractivity (Wildman–Crippen MR) is 304 cm³/mol. The average Bonchev–Trinajstić information content (AvgIpc) is 3.38. The first kappa shape index (κ1) is 56.8. The Labute approximate surface area is 470 Å². The average molecular weight is 1210 g/mol. The quantitative estimate of drug-likeness (QED) is 0.0994. The van der Waals surface area contributed by atoms with Gasteiger partial charge in [0, 0.05) is 45.2 Å². The molecule has 0 radical (unpaired) electrons. The van der Waals surface area contributed by atoms with E-state index in [0.717, 1.165) is 64.0 Å². The third kappa shape index (κ3) is 14.0. The molecule has 9 rings (SSSR count). The van der Waals surface area contributed by atoms with Crippen LogP contribution >= 0.6 is 104 Å². The summed E-state index contributed by atoms with van der Waals surface area (Å²) < 4.78 is 8.19. The Kier molecular flexibility index (Phi) is 20.9. The predicted octanol–water partition coefficient (Wildman–Crippen LogP) is 10.7. The summed E-state index contributed by atoms with van der Waals surface area (Å²) in [5.41, 5.74) is 0. The van der Waals surface area contributed by atoms with Crippen molar-refractivity contribution in [3.63, 3.8) is 0 Å². The number of benzene rings is 9. The fourth-order valence-electron chi connectivity index (χ4n) is 7.72. The Hall–Kier alpha value is -3.49. The zero-order valence-corrected chi connectivity index (χ0v) is 48.1. The molecule has 0 heterocycles. The number of halogens is 9. The molecule has 0 unspecified atom stereocenters. The second-order valence-corrected chi connectivity index (χ2v) is 29.1. The van der Waals surface area contributed by atoms with Gasteiger partial charge in [-0.15, -0.1) is 0 Å². The molecule has 0 saturated carbocycles. The summed E-state index contributed by atoms with van der Waals surface area (Å²) in [7, 11) is -9.37. The van der Waals surface area contributed by atoms with Crippen LogP contribution in [0, 0.1) is 0 Å². The molecule has 9 aromatic carbocycles. The van der Waals surface area contributed by atoms with E-state index in [1.165, 1.54) is 0 Å². The molecular formula is C54H39Cl9O4Si3V. The molecule has 0 bridgehead atoms. The van der Waals surface area contributed by atoms with Gasteiger partial charge in [0.15, 0.2) is 0 Å². The van der Waals surface area contributed by atoms with E-state index in [4.69, 9.17) is 108 Å². The van der Waals surface area contributed by atoms with E-state index in [1.807, 2.05) is 109 Å². The maximum atomic E-state index is 11.7. The molecule has 359 valence electrons. The Morgan fingerprint density at radius 1 is 0.197 bits per heavy atom. The first-order valence-corrected chi connectivity index (χ1v) is 31.0. The Bertz CT molecular complexity index is 2430. The molecule has 3 N–H and O–H groups in total. The molecule has 0 aliphatic carbocycles. The monoisotopic (exact) mass is 1200 g/mol. The van der Waals surface area contributed by atoms with Gasteiger partial charge < -0.3 is 14.4 Å². The normalized spacial score (nSPS) is 11.2. The number of hydrogen-bond donors (Lipinski definition) is 3. The van der Waals surface area contributed by atoms with Gasteiger partial charge in [-0.05, 0) is 156 Å². The third-order valence-electron chi connectivity index (χ3n) is 11.4. The van der Waals surface area contributed by atoms with Gasteiger partial charge in [-0.2, -0.15) is 0 Å². The van der Waals surface area contributed by atoms with Gasteiger partial charge in [0.25, 0.3) is 25.0 Å². The minimum absolute atomic E-state index is 0.636. The molecule has 9 aromatic rings. The van der Waals surface area contributed by atoms with Crippen LogP contribution in [0.25, 0.3) is 0 Å². The molecule has 0 aromatic heterocycles. The molecular weight excluding hydrogens is 1170 g/mol. The molecule has 4 nitrogen and oxygen atoms in total. The van der Waals surface area contributed by atoms with E-state index < -0.39 is 25.0 Å². The van der Waals surface area contributed by atoms with E-state index in [-0.39, 0.29) is 0 Å². The standard InChI is InChI=1S/3C18H13Cl3OSi.O.V/c3*19-13-1-7-16(8-2-13)23(22,17-9-3-14(20)4-10-17)18-11-5-15(21)6-12-18;;/h3*1-12,22H;;. The van der Waals surface area contributed by atoms with Gasteiger partial charge in [0.05, 0.1) is 0 Å². The molecule has 0 spiro atoms. The van der Waals surface area contributed by atoms with Crippen LogP contribution in [0.5, 0.6) is 0 Å². The van der Waals surface area contributed by atoms with Crippen LogP contribution in [0.2, 0.25) is 45.2 Å². The van der Waals surface area contributed by atoms with E-state index in [0.29, 0.717) is 45.2 Å². The first-order chi connectivity index (χ1) is 34.0. The second kappa shape index (κ2) is 26.1. The van der Waals surface area contributed by atoms with Crippen molar-refractivity contribution in [2.75, 3.05) is 0 Å². The molecule has 0 aliphatic rings. The van der Waals surface area contributed by atoms with Gasteiger partial charge in [-0.25, -0.2) is 0 Å². The summed E-state index contributed by atoms with van der Waals surface area (Å²) in [6, 6.07) is 66.0. The zero-order valence-electron chi connectivity index (χ0n) is 36.9. The fraction of sp³-hybridized carbons (Fsp3) is 0. The number of rotatable bonds is 9. The van der Waals surface area contributed by atoms with Crippen LogP contribution in [-0.4, -0.2) is 39.3 Å². The molecule has 0 amide bonds. The van der Waals surface area contributed by atoms with E-state index in [2.05, 4.69) is 0 Å². The van der Waals surface area contributed by atoms with Crippen molar-refractivity contribution in [1.82, 2.24) is 0 Å². The Morgan fingerprint density at radius 2 is 0.268 bits per heavy atom. The van der Waals surface area contributed by atoms with Crippen LogP contribution in [0.15, 0.2) is 218 Å². The summed E-state index contributed by atoms with van der Waals surface area (Å²) in [5.74, 6) is 0. The van der Waals surface area contributed by atoms with E-state index in [1.54, 1.807) is 109 Å². The van der Waals surface area contributed by atoms with Gasteiger partial charge in [0.2, 0.25) is 0 Å². The molecule has 17 heteroatoms. The summed E-state index contributed by atoms with van der Waals surface area (Å²) in [4.78, 5) is 35.1. The van der Waals surface area contributed by atoms with Gasteiger partial charge in [-0.3, -0.25) is 0 Å². The van der Waals surface area contributed by atoms with Crippen molar-refractivity contribution in [1.29, 1.82) is 0 Å². The van der Waals surface area contributed by atoms with Gasteiger partial charge >= 0.3 is 21.0 Å². The second-order valence-electron chi connectivity index (χ2n) is 15.7. The fourth-order valence-corrected chi connectivity index (χ4v) is 17.7. The Balaban J connectivity index is 0.000000171. The third-order valence-corrected chi connectivity index (χ3v) is 24.1. The van der Waals surface area contributed by atoms with Crippen LogP contribution in [0.4, 0.5) is 0 Å². The van der Waals surface area contributed by atoms with Crippen LogP contribution < -0.4 is 46.7 Å². The molecule has 0 saturated heterocycles. The SMILES string of the molecule is O[Si](c1ccc(Cl)cc1)(c1ccc(Cl)cc1)c1ccc(Cl)cc1.O[Si](c1ccc(Cl)cc1)(c1ccc(Cl)cc1)c1ccc(Cl)cc1.O[Si](c1ccc(Cl)cc1)(c1ccc(Cl)cc1)c1ccc(Cl)cc1.[O]=[V]. The molecule has 0 aliphatic heterocycles. The van der Waals surface area contributed by atoms with Crippen LogP contribution in [-0.2, 0) is 21.0 Å². The van der Waals surface area contributed by atoms with E-state index >= 15 is 0 Å². The van der Waals surface area contributed by atoms with Crippen LogP contribution in [0.1, 0.15) is 0 Å². The Morgan fingerprint density at radius 3 is 0.338 bits per heavy atom. The van der Waals surface area contributed by atoms with Crippen molar-refractivity contribution in [2.24, 2.45) is 0 Å². The van der Waals surface area contributed by atoms with Gasteiger partial charge in [0.1, 0.15) is 0 Å². The van der Waals surface area contributed by atoms with E-state index in [9.17, 15) is 14.4 Å². The first-order valence-electron chi connectivity index (χ1n) is 21.2. The summed E-state index contributed by atoms with van der Waals surface area (Å²) in [6.45, 7) is 0. The van der Waals surface area contributed by atoms with Gasteiger partial charge in [-0.1, -0.05) is 214 Å². The molecule has 0 atom stereocenters. The van der Waals surface area contributed by atoms with Crippen molar-refractivity contribution in [2.45, 2.75) is 0 Å². The summed E-state index contributed by atoms with van der Waals surface area (Å²) in [6.07, 6.45) is 0. The number of hydrogen-bond acceptors (Lipinski definition) is 4. The van der Waals surface area contributed by atoms with Crippen molar-refractivity contribution in [3.05, 3.63) is 264 Å². The molecule has 0 fully saturated rings. The topological polar surface area (TPSA) is 77.8 Å². The van der Waals surface area contributed by atoms with Crippen molar-refractivity contribution in [3.8, 4) is 0 Å². The molecule has 71 heavy (non-hydrogen) atoms. The summed E-state index contributed by atoms with van der Waals surface area (Å²) in [5, 5.41) is 13.4. The minimum atomic E-state index is -3.12.